The molecule has 1 N–H and O–H groups in total. The van der Waals surface area contributed by atoms with Crippen LogP contribution in [-0.2, 0) is 0 Å². The van der Waals surface area contributed by atoms with Gasteiger partial charge in [-0.25, -0.2) is 4.98 Å². The Kier molecular flexibility index (Phi) is 5.59. The third-order valence-electron chi connectivity index (χ3n) is 4.15. The summed E-state index contributed by atoms with van der Waals surface area (Å²) in [4.78, 5) is 28.6. The summed E-state index contributed by atoms with van der Waals surface area (Å²) in [5.41, 5.74) is 3.78. The maximum atomic E-state index is 12.7. The van der Waals surface area contributed by atoms with E-state index in [1.54, 1.807) is 30.3 Å². The minimum absolute atomic E-state index is 0.0786. The average Bonchev–Trinajstić information content (AvgIpc) is 2.63. The first-order chi connectivity index (χ1) is 12.9. The lowest BCUT2D eigenvalue weighted by atomic mass is 9.96. The molecular formula is C21H16Cl2N2O2. The predicted octanol–water partition coefficient (Wildman–Crippen LogP) is 5.82. The molecule has 0 aliphatic rings. The number of amides is 1. The number of nitrogens with one attached hydrogen (secondary N) is 1. The van der Waals surface area contributed by atoms with Gasteiger partial charge in [-0.3, -0.25) is 9.59 Å². The summed E-state index contributed by atoms with van der Waals surface area (Å²) in [5.74, 6) is -0.480. The predicted molar refractivity (Wildman–Crippen MR) is 109 cm³/mol. The van der Waals surface area contributed by atoms with Crippen molar-refractivity contribution in [2.75, 3.05) is 5.32 Å². The Hall–Kier alpha value is -2.69. The molecule has 1 heterocycles. The zero-order valence-electron chi connectivity index (χ0n) is 14.7. The highest BCUT2D eigenvalue weighted by molar-refractivity contribution is 6.33. The maximum absolute atomic E-state index is 12.7. The van der Waals surface area contributed by atoms with E-state index in [-0.39, 0.29) is 16.5 Å². The van der Waals surface area contributed by atoms with Gasteiger partial charge in [0.05, 0.1) is 5.56 Å². The van der Waals surface area contributed by atoms with Crippen molar-refractivity contribution in [2.24, 2.45) is 0 Å². The first-order valence-electron chi connectivity index (χ1n) is 8.20. The smallest absolute Gasteiger partial charge is 0.258 e. The Morgan fingerprint density at radius 3 is 2.33 bits per heavy atom. The van der Waals surface area contributed by atoms with E-state index in [0.29, 0.717) is 16.3 Å². The zero-order valence-corrected chi connectivity index (χ0v) is 16.2. The summed E-state index contributed by atoms with van der Waals surface area (Å²) < 4.78 is 0. The van der Waals surface area contributed by atoms with Gasteiger partial charge in [0.15, 0.2) is 5.78 Å². The second-order valence-corrected chi connectivity index (χ2v) is 6.87. The second-order valence-electron chi connectivity index (χ2n) is 6.07. The van der Waals surface area contributed by atoms with Gasteiger partial charge in [0.2, 0.25) is 0 Å². The lowest BCUT2D eigenvalue weighted by molar-refractivity contribution is 0.101. The number of aryl methyl sites for hydroxylation is 1. The van der Waals surface area contributed by atoms with Crippen molar-refractivity contribution in [1.82, 2.24) is 4.98 Å². The van der Waals surface area contributed by atoms with Gasteiger partial charge in [-0.1, -0.05) is 35.3 Å². The van der Waals surface area contributed by atoms with Gasteiger partial charge >= 0.3 is 0 Å². The van der Waals surface area contributed by atoms with Crippen LogP contribution in [0.5, 0.6) is 0 Å². The van der Waals surface area contributed by atoms with Crippen molar-refractivity contribution in [3.8, 4) is 11.1 Å². The van der Waals surface area contributed by atoms with Crippen molar-refractivity contribution in [3.05, 3.63) is 81.6 Å². The zero-order chi connectivity index (χ0) is 19.6. The minimum Gasteiger partial charge on any atom is -0.321 e. The molecule has 1 aromatic heterocycles. The SMILES string of the molecule is CC(=O)c1cc(NC(=O)c2cccnc2Cl)c(-c2ccc(Cl)cc2)cc1C. The van der Waals surface area contributed by atoms with Crippen LogP contribution in [-0.4, -0.2) is 16.7 Å². The molecule has 0 spiro atoms. The molecule has 3 aromatic rings. The molecule has 4 nitrogen and oxygen atoms in total. The van der Waals surface area contributed by atoms with Crippen LogP contribution in [0.1, 0.15) is 33.2 Å². The van der Waals surface area contributed by atoms with E-state index in [4.69, 9.17) is 23.2 Å². The van der Waals surface area contributed by atoms with Gasteiger partial charge in [-0.05, 0) is 61.4 Å². The van der Waals surface area contributed by atoms with Crippen molar-refractivity contribution in [3.63, 3.8) is 0 Å². The Morgan fingerprint density at radius 2 is 1.70 bits per heavy atom. The van der Waals surface area contributed by atoms with Crippen LogP contribution in [0.15, 0.2) is 54.7 Å². The maximum Gasteiger partial charge on any atom is 0.258 e. The van der Waals surface area contributed by atoms with E-state index >= 15 is 0 Å². The topological polar surface area (TPSA) is 59.1 Å². The summed E-state index contributed by atoms with van der Waals surface area (Å²) in [6, 6.07) is 14.0. The molecule has 0 saturated heterocycles. The quantitative estimate of drug-likeness (QED) is 0.444. The minimum atomic E-state index is -0.401. The fraction of sp³-hybridized carbons (Fsp3) is 0.0952. The number of aromatic nitrogens is 1. The second kappa shape index (κ2) is 7.91. The van der Waals surface area contributed by atoms with E-state index in [0.717, 1.165) is 16.7 Å². The Morgan fingerprint density at radius 1 is 1.00 bits per heavy atom. The number of carbonyl (C=O) groups is 2. The van der Waals surface area contributed by atoms with Crippen LogP contribution >= 0.6 is 23.2 Å². The molecule has 6 heteroatoms. The van der Waals surface area contributed by atoms with Crippen molar-refractivity contribution in [2.45, 2.75) is 13.8 Å². The van der Waals surface area contributed by atoms with Crippen LogP contribution in [0.3, 0.4) is 0 Å². The number of nitrogens with zero attached hydrogens (tertiary/aromatic N) is 1. The largest absolute Gasteiger partial charge is 0.321 e. The molecule has 0 fully saturated rings. The summed E-state index contributed by atoms with van der Waals surface area (Å²) in [5, 5.41) is 3.58. The normalized spacial score (nSPS) is 10.5. The lowest BCUT2D eigenvalue weighted by Gasteiger charge is -2.15. The third kappa shape index (κ3) is 4.18. The van der Waals surface area contributed by atoms with Gasteiger partial charge in [0.25, 0.3) is 5.91 Å². The van der Waals surface area contributed by atoms with Gasteiger partial charge in [-0.2, -0.15) is 0 Å². The highest BCUT2D eigenvalue weighted by Crippen LogP contribution is 2.32. The molecule has 2 aromatic carbocycles. The number of hydrogen-bond donors (Lipinski definition) is 1. The van der Waals surface area contributed by atoms with Gasteiger partial charge in [0, 0.05) is 28.0 Å². The molecule has 0 radical (unpaired) electrons. The summed E-state index contributed by atoms with van der Waals surface area (Å²) in [6.45, 7) is 3.35. The Bertz CT molecular complexity index is 1030. The molecule has 1 amide bonds. The fourth-order valence-electron chi connectivity index (χ4n) is 2.80. The highest BCUT2D eigenvalue weighted by Gasteiger charge is 2.17. The number of ketones is 1. The summed E-state index contributed by atoms with van der Waals surface area (Å²) in [7, 11) is 0. The van der Waals surface area contributed by atoms with E-state index < -0.39 is 5.91 Å². The molecular weight excluding hydrogens is 383 g/mol. The lowest BCUT2D eigenvalue weighted by Crippen LogP contribution is -2.14. The Balaban J connectivity index is 2.10. The number of Topliss-reactive ketones (excluding diaryl/α,β-unsaturated/α-hetero) is 1. The van der Waals surface area contributed by atoms with E-state index in [2.05, 4.69) is 10.3 Å². The standard InChI is InChI=1S/C21H16Cl2N2O2/c1-12-10-18(14-5-7-15(22)8-6-14)19(11-17(12)13(2)26)25-21(27)16-4-3-9-24-20(16)23/h3-11H,1-2H3,(H,25,27). The molecule has 136 valence electrons. The number of hydrogen-bond acceptors (Lipinski definition) is 3. The highest BCUT2D eigenvalue weighted by atomic mass is 35.5. The van der Waals surface area contributed by atoms with Crippen molar-refractivity contribution >= 4 is 40.6 Å². The van der Waals surface area contributed by atoms with Crippen molar-refractivity contribution < 1.29 is 9.59 Å². The molecule has 0 saturated carbocycles. The third-order valence-corrected chi connectivity index (χ3v) is 4.70. The van der Waals surface area contributed by atoms with Crippen LogP contribution in [0.25, 0.3) is 11.1 Å². The molecule has 27 heavy (non-hydrogen) atoms. The summed E-state index contributed by atoms with van der Waals surface area (Å²) >= 11 is 12.0. The van der Waals surface area contributed by atoms with Gasteiger partial charge in [-0.15, -0.1) is 0 Å². The molecule has 0 aliphatic carbocycles. The molecule has 0 bridgehead atoms. The number of carbonyl (C=O) groups excluding carboxylic acids is 2. The number of pyridine rings is 1. The van der Waals surface area contributed by atoms with Crippen LogP contribution in [0.4, 0.5) is 5.69 Å². The van der Waals surface area contributed by atoms with E-state index in [1.165, 1.54) is 13.1 Å². The molecule has 3 rings (SSSR count). The fourth-order valence-corrected chi connectivity index (χ4v) is 3.14. The number of halogens is 2. The average molecular weight is 399 g/mol. The first-order valence-corrected chi connectivity index (χ1v) is 8.96. The monoisotopic (exact) mass is 398 g/mol. The van der Waals surface area contributed by atoms with Gasteiger partial charge in [0.1, 0.15) is 5.15 Å². The van der Waals surface area contributed by atoms with Gasteiger partial charge < -0.3 is 5.32 Å². The molecule has 0 atom stereocenters. The number of anilines is 1. The van der Waals surface area contributed by atoms with Crippen LogP contribution in [0.2, 0.25) is 10.2 Å². The van der Waals surface area contributed by atoms with Crippen LogP contribution < -0.4 is 5.32 Å². The number of benzene rings is 2. The molecule has 0 aliphatic heterocycles. The first kappa shape index (κ1) is 19.1. The summed E-state index contributed by atoms with van der Waals surface area (Å²) in [6.07, 6.45) is 1.51. The Labute approximate surface area is 167 Å². The van der Waals surface area contributed by atoms with Crippen LogP contribution in [0, 0.1) is 6.92 Å². The molecule has 0 unspecified atom stereocenters. The van der Waals surface area contributed by atoms with E-state index in [1.807, 2.05) is 25.1 Å². The number of rotatable bonds is 4. The van der Waals surface area contributed by atoms with Crippen molar-refractivity contribution in [1.29, 1.82) is 0 Å². The van der Waals surface area contributed by atoms with E-state index in [9.17, 15) is 9.59 Å².